The standard InChI is InChI=1S/C17H24FNO/c1-12-16-10-13-4-5-14(20)11-15(13)17(12,2)6-9-19(16)8-3-7-18/h4-5,11-12,16,20H,3,6-10H2,1-2H3/t12?,16-,17-/m1/s1. The van der Waals surface area contributed by atoms with E-state index in [2.05, 4.69) is 24.8 Å². The Morgan fingerprint density at radius 3 is 3.00 bits per heavy atom. The van der Waals surface area contributed by atoms with E-state index in [0.717, 1.165) is 25.9 Å². The van der Waals surface area contributed by atoms with Gasteiger partial charge in [-0.25, -0.2) is 0 Å². The van der Waals surface area contributed by atoms with E-state index in [9.17, 15) is 9.50 Å². The van der Waals surface area contributed by atoms with Gasteiger partial charge in [-0.3, -0.25) is 9.29 Å². The van der Waals surface area contributed by atoms with Crippen molar-refractivity contribution in [3.63, 3.8) is 0 Å². The summed E-state index contributed by atoms with van der Waals surface area (Å²) in [7, 11) is 0. The first-order valence-electron chi connectivity index (χ1n) is 7.68. The zero-order chi connectivity index (χ0) is 14.3. The predicted octanol–water partition coefficient (Wildman–Crippen LogP) is 3.28. The summed E-state index contributed by atoms with van der Waals surface area (Å²) in [6.45, 7) is 6.34. The van der Waals surface area contributed by atoms with Gasteiger partial charge in [-0.15, -0.1) is 0 Å². The SMILES string of the molecule is CC1[C@H]2Cc3ccc(O)cc3[C@]1(C)CCN2CCCF. The molecule has 1 unspecified atom stereocenters. The van der Waals surface area contributed by atoms with Gasteiger partial charge in [-0.2, -0.15) is 0 Å². The first-order valence-corrected chi connectivity index (χ1v) is 7.68. The average Bonchev–Trinajstić information content (AvgIpc) is 2.43. The Morgan fingerprint density at radius 1 is 1.45 bits per heavy atom. The van der Waals surface area contributed by atoms with Crippen LogP contribution in [0.3, 0.4) is 0 Å². The summed E-state index contributed by atoms with van der Waals surface area (Å²) in [5, 5.41) is 9.80. The molecule has 3 heteroatoms. The molecule has 0 aromatic heterocycles. The fraction of sp³-hybridized carbons (Fsp3) is 0.647. The van der Waals surface area contributed by atoms with E-state index in [1.807, 2.05) is 6.07 Å². The zero-order valence-corrected chi connectivity index (χ0v) is 12.4. The number of halogens is 1. The van der Waals surface area contributed by atoms with Crippen LogP contribution in [-0.2, 0) is 11.8 Å². The van der Waals surface area contributed by atoms with Crippen LogP contribution in [0.5, 0.6) is 5.75 Å². The number of hydrogen-bond acceptors (Lipinski definition) is 2. The molecule has 1 heterocycles. The van der Waals surface area contributed by atoms with Gasteiger partial charge < -0.3 is 5.11 Å². The minimum absolute atomic E-state index is 0.142. The second kappa shape index (κ2) is 5.03. The summed E-state index contributed by atoms with van der Waals surface area (Å²) in [6, 6.07) is 6.33. The Labute approximate surface area is 120 Å². The number of alkyl halides is 1. The molecule has 3 atom stereocenters. The van der Waals surface area contributed by atoms with Gasteiger partial charge in [-0.05, 0) is 60.4 Å². The highest BCUT2D eigenvalue weighted by Crippen LogP contribution is 2.49. The fourth-order valence-corrected chi connectivity index (χ4v) is 4.24. The molecule has 3 rings (SSSR count). The summed E-state index contributed by atoms with van der Waals surface area (Å²) in [5.74, 6) is 0.917. The average molecular weight is 277 g/mol. The molecule has 0 saturated carbocycles. The van der Waals surface area contributed by atoms with Crippen molar-refractivity contribution in [3.8, 4) is 5.75 Å². The van der Waals surface area contributed by atoms with E-state index in [-0.39, 0.29) is 12.1 Å². The number of piperidine rings is 1. The molecule has 1 aromatic rings. The van der Waals surface area contributed by atoms with Gasteiger partial charge in [-0.1, -0.05) is 19.9 Å². The Hall–Kier alpha value is -1.09. The summed E-state index contributed by atoms with van der Waals surface area (Å²) in [5.41, 5.74) is 2.83. The van der Waals surface area contributed by atoms with Crippen LogP contribution in [0.4, 0.5) is 4.39 Å². The summed E-state index contributed by atoms with van der Waals surface area (Å²) >= 11 is 0. The van der Waals surface area contributed by atoms with E-state index < -0.39 is 0 Å². The molecular weight excluding hydrogens is 253 g/mol. The topological polar surface area (TPSA) is 23.5 Å². The maximum Gasteiger partial charge on any atom is 0.115 e. The number of benzene rings is 1. The Morgan fingerprint density at radius 2 is 2.25 bits per heavy atom. The van der Waals surface area contributed by atoms with Crippen molar-refractivity contribution < 1.29 is 9.50 Å². The van der Waals surface area contributed by atoms with E-state index in [1.54, 1.807) is 6.07 Å². The lowest BCUT2D eigenvalue weighted by atomic mass is 9.59. The van der Waals surface area contributed by atoms with Crippen LogP contribution >= 0.6 is 0 Å². The molecule has 1 aromatic carbocycles. The van der Waals surface area contributed by atoms with Crippen molar-refractivity contribution in [3.05, 3.63) is 29.3 Å². The van der Waals surface area contributed by atoms with Gasteiger partial charge in [0.25, 0.3) is 0 Å². The zero-order valence-electron chi connectivity index (χ0n) is 12.4. The van der Waals surface area contributed by atoms with Crippen molar-refractivity contribution in [2.24, 2.45) is 5.92 Å². The highest BCUT2D eigenvalue weighted by atomic mass is 19.1. The summed E-state index contributed by atoms with van der Waals surface area (Å²) in [4.78, 5) is 2.47. The van der Waals surface area contributed by atoms with Gasteiger partial charge in [0.05, 0.1) is 6.67 Å². The van der Waals surface area contributed by atoms with Gasteiger partial charge in [0.2, 0.25) is 0 Å². The summed E-state index contributed by atoms with van der Waals surface area (Å²) < 4.78 is 12.5. The molecule has 0 radical (unpaired) electrons. The van der Waals surface area contributed by atoms with Gasteiger partial charge >= 0.3 is 0 Å². The van der Waals surface area contributed by atoms with Crippen molar-refractivity contribution >= 4 is 0 Å². The molecule has 2 nitrogen and oxygen atoms in total. The normalized spacial score (nSPS) is 33.0. The molecular formula is C17H24FNO. The van der Waals surface area contributed by atoms with Crippen LogP contribution in [0.2, 0.25) is 0 Å². The lowest BCUT2D eigenvalue weighted by Gasteiger charge is -2.54. The van der Waals surface area contributed by atoms with Crippen LogP contribution in [0, 0.1) is 5.92 Å². The minimum atomic E-state index is -0.223. The van der Waals surface area contributed by atoms with Gasteiger partial charge in [0.1, 0.15) is 5.75 Å². The molecule has 1 N–H and O–H groups in total. The van der Waals surface area contributed by atoms with Crippen molar-refractivity contribution in [2.75, 3.05) is 19.8 Å². The number of aromatic hydroxyl groups is 1. The number of nitrogens with zero attached hydrogens (tertiary/aromatic N) is 1. The minimum Gasteiger partial charge on any atom is -0.508 e. The largest absolute Gasteiger partial charge is 0.508 e. The quantitative estimate of drug-likeness (QED) is 0.916. The molecule has 2 aliphatic rings. The van der Waals surface area contributed by atoms with E-state index in [0.29, 0.717) is 24.1 Å². The maximum atomic E-state index is 12.5. The maximum absolute atomic E-state index is 12.5. The first-order chi connectivity index (χ1) is 9.56. The molecule has 0 amide bonds. The molecule has 1 saturated heterocycles. The molecule has 110 valence electrons. The lowest BCUT2D eigenvalue weighted by molar-refractivity contribution is 0.0296. The first kappa shape index (κ1) is 13.9. The highest BCUT2D eigenvalue weighted by molar-refractivity contribution is 5.44. The van der Waals surface area contributed by atoms with Crippen LogP contribution in [0.1, 0.15) is 37.8 Å². The third kappa shape index (κ3) is 2.03. The van der Waals surface area contributed by atoms with Gasteiger partial charge in [0.15, 0.2) is 0 Å². The van der Waals surface area contributed by atoms with Crippen LogP contribution in [-0.4, -0.2) is 35.8 Å². The smallest absolute Gasteiger partial charge is 0.115 e. The lowest BCUT2D eigenvalue weighted by Crippen LogP contribution is -2.58. The summed E-state index contributed by atoms with van der Waals surface area (Å²) in [6.07, 6.45) is 2.76. The molecule has 1 aliphatic heterocycles. The Kier molecular flexibility index (Phi) is 3.49. The number of phenols is 1. The van der Waals surface area contributed by atoms with Crippen LogP contribution in [0.25, 0.3) is 0 Å². The second-order valence-electron chi connectivity index (χ2n) is 6.65. The fourth-order valence-electron chi connectivity index (χ4n) is 4.24. The second-order valence-corrected chi connectivity index (χ2v) is 6.65. The highest BCUT2D eigenvalue weighted by Gasteiger charge is 2.48. The number of rotatable bonds is 3. The monoisotopic (exact) mass is 277 g/mol. The Bertz CT molecular complexity index is 504. The third-order valence-electron chi connectivity index (χ3n) is 5.69. The van der Waals surface area contributed by atoms with Gasteiger partial charge in [0, 0.05) is 12.6 Å². The Balaban J connectivity index is 1.95. The van der Waals surface area contributed by atoms with Crippen molar-refractivity contribution in [1.82, 2.24) is 4.90 Å². The number of phenolic OH excluding ortho intramolecular Hbond substituents is 1. The molecule has 0 spiro atoms. The molecule has 2 bridgehead atoms. The predicted molar refractivity (Wildman–Crippen MR) is 78.9 cm³/mol. The van der Waals surface area contributed by atoms with Crippen LogP contribution < -0.4 is 0 Å². The van der Waals surface area contributed by atoms with E-state index in [1.165, 1.54) is 11.1 Å². The van der Waals surface area contributed by atoms with E-state index >= 15 is 0 Å². The van der Waals surface area contributed by atoms with Crippen molar-refractivity contribution in [1.29, 1.82) is 0 Å². The van der Waals surface area contributed by atoms with E-state index in [4.69, 9.17) is 0 Å². The number of likely N-dealkylation sites (tertiary alicyclic amines) is 1. The third-order valence-corrected chi connectivity index (χ3v) is 5.69. The van der Waals surface area contributed by atoms with Crippen molar-refractivity contribution in [2.45, 2.75) is 44.6 Å². The molecule has 20 heavy (non-hydrogen) atoms. The van der Waals surface area contributed by atoms with Crippen LogP contribution in [0.15, 0.2) is 18.2 Å². The molecule has 1 aliphatic carbocycles. The number of hydrogen-bond donors (Lipinski definition) is 1. The molecule has 1 fully saturated rings. The number of fused-ring (bicyclic) bond motifs is 4.